The molecule has 142 valence electrons. The van der Waals surface area contributed by atoms with Crippen LogP contribution in [0.1, 0.15) is 62.8 Å². The Morgan fingerprint density at radius 1 is 1.28 bits per heavy atom. The van der Waals surface area contributed by atoms with Gasteiger partial charge in [0.2, 0.25) is 0 Å². The van der Waals surface area contributed by atoms with Crippen molar-refractivity contribution in [1.82, 2.24) is 20.0 Å². The van der Waals surface area contributed by atoms with E-state index >= 15 is 0 Å². The Labute approximate surface area is 169 Å². The number of rotatable bonds is 6. The van der Waals surface area contributed by atoms with Crippen LogP contribution >= 0.6 is 24.0 Å². The zero-order valence-electron chi connectivity index (χ0n) is 15.8. The molecule has 0 bridgehead atoms. The maximum absolute atomic E-state index is 4.49. The van der Waals surface area contributed by atoms with Crippen molar-refractivity contribution in [2.75, 3.05) is 26.7 Å². The highest BCUT2D eigenvalue weighted by Gasteiger charge is 2.26. The van der Waals surface area contributed by atoms with E-state index in [0.29, 0.717) is 5.92 Å². The van der Waals surface area contributed by atoms with Crippen LogP contribution in [0.25, 0.3) is 0 Å². The molecule has 1 atom stereocenters. The minimum atomic E-state index is 0. The first-order valence-corrected chi connectivity index (χ1v) is 9.70. The first kappa shape index (κ1) is 20.5. The van der Waals surface area contributed by atoms with Crippen LogP contribution in [-0.2, 0) is 7.05 Å². The van der Waals surface area contributed by atoms with Gasteiger partial charge in [-0.05, 0) is 24.3 Å². The zero-order valence-corrected chi connectivity index (χ0v) is 18.1. The molecule has 1 aliphatic carbocycles. The van der Waals surface area contributed by atoms with E-state index in [2.05, 4.69) is 26.5 Å². The van der Waals surface area contributed by atoms with Crippen molar-refractivity contribution in [1.29, 1.82) is 0 Å². The number of nitrogens with zero attached hydrogens (tertiary/aromatic N) is 4. The molecule has 1 unspecified atom stereocenters. The predicted molar refractivity (Wildman–Crippen MR) is 115 cm³/mol. The molecule has 1 saturated heterocycles. The van der Waals surface area contributed by atoms with Crippen molar-refractivity contribution >= 4 is 29.9 Å². The van der Waals surface area contributed by atoms with Gasteiger partial charge in [0, 0.05) is 45.8 Å². The van der Waals surface area contributed by atoms with E-state index in [-0.39, 0.29) is 24.0 Å². The zero-order chi connectivity index (χ0) is 16.8. The number of guanidine groups is 1. The van der Waals surface area contributed by atoms with Gasteiger partial charge < -0.3 is 10.2 Å². The molecule has 1 saturated carbocycles. The van der Waals surface area contributed by atoms with Crippen LogP contribution in [0.2, 0.25) is 0 Å². The lowest BCUT2D eigenvalue weighted by Crippen LogP contribution is -2.40. The smallest absolute Gasteiger partial charge is 0.193 e. The van der Waals surface area contributed by atoms with Crippen molar-refractivity contribution in [3.8, 4) is 0 Å². The molecule has 6 heteroatoms. The fraction of sp³-hybridized carbons (Fsp3) is 0.789. The molecule has 25 heavy (non-hydrogen) atoms. The third-order valence-electron chi connectivity index (χ3n) is 5.69. The second kappa shape index (κ2) is 10.4. The van der Waals surface area contributed by atoms with E-state index in [1.807, 2.05) is 25.0 Å². The Bertz CT molecular complexity index is 536. The minimum Gasteiger partial charge on any atom is -0.356 e. The maximum Gasteiger partial charge on any atom is 0.193 e. The van der Waals surface area contributed by atoms with Gasteiger partial charge in [-0.2, -0.15) is 5.10 Å². The highest BCUT2D eigenvalue weighted by atomic mass is 127. The molecule has 1 aromatic heterocycles. The molecule has 1 N–H and O–H groups in total. The molecular formula is C19H34IN5. The van der Waals surface area contributed by atoms with E-state index < -0.39 is 0 Å². The van der Waals surface area contributed by atoms with Gasteiger partial charge in [0.15, 0.2) is 5.96 Å². The summed E-state index contributed by atoms with van der Waals surface area (Å²) in [5, 5.41) is 7.88. The molecule has 0 amide bonds. The number of hydrogen-bond donors (Lipinski definition) is 1. The summed E-state index contributed by atoms with van der Waals surface area (Å²) >= 11 is 0. The van der Waals surface area contributed by atoms with Gasteiger partial charge in [-0.25, -0.2) is 0 Å². The molecule has 1 aromatic rings. The lowest BCUT2D eigenvalue weighted by molar-refractivity contribution is 0.461. The van der Waals surface area contributed by atoms with E-state index in [9.17, 15) is 0 Å². The first-order chi connectivity index (χ1) is 11.8. The van der Waals surface area contributed by atoms with Crippen molar-refractivity contribution in [3.63, 3.8) is 0 Å². The Morgan fingerprint density at radius 3 is 2.76 bits per heavy atom. The van der Waals surface area contributed by atoms with Crippen LogP contribution in [-0.4, -0.2) is 47.3 Å². The van der Waals surface area contributed by atoms with Crippen molar-refractivity contribution in [2.24, 2.45) is 18.0 Å². The van der Waals surface area contributed by atoms with Crippen LogP contribution in [0.15, 0.2) is 17.4 Å². The number of halogens is 1. The second-order valence-corrected chi connectivity index (χ2v) is 7.50. The normalized spacial score (nSPS) is 21.6. The maximum atomic E-state index is 4.49. The quantitative estimate of drug-likeness (QED) is 0.305. The Balaban J connectivity index is 0.00000225. The molecule has 0 spiro atoms. The van der Waals surface area contributed by atoms with E-state index in [1.165, 1.54) is 56.9 Å². The molecule has 5 nitrogen and oxygen atoms in total. The van der Waals surface area contributed by atoms with Crippen molar-refractivity contribution < 1.29 is 0 Å². The molecule has 0 aromatic carbocycles. The monoisotopic (exact) mass is 459 g/mol. The SMILES string of the molecule is CN=C(NCCCCC1CCCC1)N1CCC(c2cnn(C)c2)C1.I. The summed E-state index contributed by atoms with van der Waals surface area (Å²) in [6.07, 6.45) is 15.2. The van der Waals surface area contributed by atoms with Crippen molar-refractivity contribution in [2.45, 2.75) is 57.3 Å². The molecule has 2 aliphatic rings. The van der Waals surface area contributed by atoms with Gasteiger partial charge in [0.05, 0.1) is 6.20 Å². The third-order valence-corrected chi connectivity index (χ3v) is 5.69. The summed E-state index contributed by atoms with van der Waals surface area (Å²) in [6, 6.07) is 0. The Kier molecular flexibility index (Phi) is 8.52. The number of hydrogen-bond acceptors (Lipinski definition) is 2. The van der Waals surface area contributed by atoms with Gasteiger partial charge in [0.1, 0.15) is 0 Å². The second-order valence-electron chi connectivity index (χ2n) is 7.50. The fourth-order valence-corrected chi connectivity index (χ4v) is 4.27. The standard InChI is InChI=1S/C19H33N5.HI/c1-20-19(21-11-6-5-9-16-7-3-4-8-16)24-12-10-17(15-24)18-13-22-23(2)14-18;/h13-14,16-17H,3-12,15H2,1-2H3,(H,20,21);1H. The topological polar surface area (TPSA) is 45.5 Å². The van der Waals surface area contributed by atoms with E-state index in [0.717, 1.165) is 31.5 Å². The highest BCUT2D eigenvalue weighted by Crippen LogP contribution is 2.29. The molecule has 1 aliphatic heterocycles. The third kappa shape index (κ3) is 5.86. The Morgan fingerprint density at radius 2 is 2.08 bits per heavy atom. The van der Waals surface area contributed by atoms with Crippen LogP contribution in [0, 0.1) is 5.92 Å². The van der Waals surface area contributed by atoms with Crippen LogP contribution in [0.5, 0.6) is 0 Å². The molecule has 2 heterocycles. The summed E-state index contributed by atoms with van der Waals surface area (Å²) in [5.74, 6) is 2.67. The molecule has 3 rings (SSSR count). The van der Waals surface area contributed by atoms with Gasteiger partial charge in [-0.3, -0.25) is 9.67 Å². The lowest BCUT2D eigenvalue weighted by atomic mass is 10.0. The van der Waals surface area contributed by atoms with Gasteiger partial charge in [0.25, 0.3) is 0 Å². The summed E-state index contributed by atoms with van der Waals surface area (Å²) in [5.41, 5.74) is 1.35. The molecule has 2 fully saturated rings. The number of aryl methyl sites for hydroxylation is 1. The average Bonchev–Trinajstić information content (AvgIpc) is 3.32. The Hall–Kier alpha value is -0.790. The van der Waals surface area contributed by atoms with Gasteiger partial charge in [-0.15, -0.1) is 24.0 Å². The predicted octanol–water partition coefficient (Wildman–Crippen LogP) is 3.76. The van der Waals surface area contributed by atoms with E-state index in [1.54, 1.807) is 0 Å². The average molecular weight is 459 g/mol. The summed E-state index contributed by atoms with van der Waals surface area (Å²) < 4.78 is 1.90. The number of aliphatic imine (C=N–C) groups is 1. The van der Waals surface area contributed by atoms with Crippen LogP contribution in [0.4, 0.5) is 0 Å². The molecular weight excluding hydrogens is 425 g/mol. The number of likely N-dealkylation sites (tertiary alicyclic amines) is 1. The lowest BCUT2D eigenvalue weighted by Gasteiger charge is -2.21. The highest BCUT2D eigenvalue weighted by molar-refractivity contribution is 14.0. The summed E-state index contributed by atoms with van der Waals surface area (Å²) in [6.45, 7) is 3.18. The molecule has 0 radical (unpaired) electrons. The first-order valence-electron chi connectivity index (χ1n) is 9.70. The van der Waals surface area contributed by atoms with Gasteiger partial charge >= 0.3 is 0 Å². The van der Waals surface area contributed by atoms with Crippen LogP contribution < -0.4 is 5.32 Å². The van der Waals surface area contributed by atoms with Gasteiger partial charge in [-0.1, -0.05) is 38.5 Å². The number of unbranched alkanes of at least 4 members (excludes halogenated alkanes) is 1. The number of nitrogens with one attached hydrogen (secondary N) is 1. The summed E-state index contributed by atoms with van der Waals surface area (Å²) in [7, 11) is 3.89. The van der Waals surface area contributed by atoms with Crippen LogP contribution in [0.3, 0.4) is 0 Å². The number of aromatic nitrogens is 2. The largest absolute Gasteiger partial charge is 0.356 e. The van der Waals surface area contributed by atoms with E-state index in [4.69, 9.17) is 0 Å². The minimum absolute atomic E-state index is 0. The fourth-order valence-electron chi connectivity index (χ4n) is 4.27. The van der Waals surface area contributed by atoms with Crippen molar-refractivity contribution in [3.05, 3.63) is 18.0 Å². The summed E-state index contributed by atoms with van der Waals surface area (Å²) in [4.78, 5) is 6.89.